The van der Waals surface area contributed by atoms with Gasteiger partial charge in [0.15, 0.2) is 0 Å². The predicted octanol–water partition coefficient (Wildman–Crippen LogP) is 11.9. The van der Waals surface area contributed by atoms with Crippen LogP contribution in [-0.4, -0.2) is 9.13 Å². The van der Waals surface area contributed by atoms with E-state index in [4.69, 9.17) is 0 Å². The minimum absolute atomic E-state index is 1.17. The van der Waals surface area contributed by atoms with Crippen molar-refractivity contribution in [1.29, 1.82) is 0 Å². The lowest BCUT2D eigenvalue weighted by atomic mass is 9.90. The minimum atomic E-state index is 1.17. The molecule has 0 N–H and O–H groups in total. The predicted molar refractivity (Wildman–Crippen MR) is 196 cm³/mol. The summed E-state index contributed by atoms with van der Waals surface area (Å²) in [5.41, 5.74) is 9.76. The molecule has 0 aliphatic carbocycles. The molecule has 8 aromatic carbocycles. The lowest BCUT2D eigenvalue weighted by Crippen LogP contribution is -1.93. The molecule has 2 aromatic heterocycles. The lowest BCUT2D eigenvalue weighted by molar-refractivity contribution is 1.18. The van der Waals surface area contributed by atoms with Crippen molar-refractivity contribution >= 4 is 65.2 Å². The van der Waals surface area contributed by atoms with Crippen LogP contribution in [0.3, 0.4) is 0 Å². The van der Waals surface area contributed by atoms with E-state index in [1.165, 1.54) is 87.7 Å². The standard InChI is InChI=1S/C44H28N2/c1-3-14-30(15-4-1)45-41-24-12-10-21-36(41)44-35(22-13-25-42(44)45)38-26-29-27-39-34-20-9-11-23-40(34)46(31-16-5-2-6-17-31)43(39)28-37(29)32-18-7-8-19-33(32)38/h1-28H. The number of benzene rings is 8. The fourth-order valence-corrected chi connectivity index (χ4v) is 7.75. The smallest absolute Gasteiger partial charge is 0.0547 e. The van der Waals surface area contributed by atoms with E-state index in [2.05, 4.69) is 179 Å². The van der Waals surface area contributed by atoms with Crippen LogP contribution in [0.25, 0.3) is 87.7 Å². The van der Waals surface area contributed by atoms with Crippen molar-refractivity contribution in [2.24, 2.45) is 0 Å². The third-order valence-corrected chi connectivity index (χ3v) is 9.67. The van der Waals surface area contributed by atoms with Gasteiger partial charge in [-0.2, -0.15) is 0 Å². The number of fused-ring (bicyclic) bond motifs is 9. The molecule has 10 rings (SSSR count). The molecule has 10 aromatic rings. The van der Waals surface area contributed by atoms with Gasteiger partial charge in [0.1, 0.15) is 0 Å². The van der Waals surface area contributed by atoms with Gasteiger partial charge in [-0.1, -0.05) is 109 Å². The summed E-state index contributed by atoms with van der Waals surface area (Å²) in [6, 6.07) is 62.0. The summed E-state index contributed by atoms with van der Waals surface area (Å²) in [7, 11) is 0. The summed E-state index contributed by atoms with van der Waals surface area (Å²) in [4.78, 5) is 0. The third-order valence-electron chi connectivity index (χ3n) is 9.67. The molecule has 0 unspecified atom stereocenters. The molecular weight excluding hydrogens is 556 g/mol. The Bertz CT molecular complexity index is 2780. The van der Waals surface area contributed by atoms with Crippen LogP contribution in [0.4, 0.5) is 0 Å². The number of nitrogens with zero attached hydrogens (tertiary/aromatic N) is 2. The van der Waals surface area contributed by atoms with Crippen molar-refractivity contribution in [2.45, 2.75) is 0 Å². The molecule has 0 atom stereocenters. The first-order valence-electron chi connectivity index (χ1n) is 15.9. The van der Waals surface area contributed by atoms with Crippen molar-refractivity contribution < 1.29 is 0 Å². The molecule has 0 saturated carbocycles. The first-order chi connectivity index (χ1) is 22.8. The fraction of sp³-hybridized carbons (Fsp3) is 0. The Hall–Kier alpha value is -6.12. The topological polar surface area (TPSA) is 9.86 Å². The van der Waals surface area contributed by atoms with E-state index >= 15 is 0 Å². The van der Waals surface area contributed by atoms with Crippen LogP contribution in [0.5, 0.6) is 0 Å². The van der Waals surface area contributed by atoms with Crippen molar-refractivity contribution in [2.75, 3.05) is 0 Å². The summed E-state index contributed by atoms with van der Waals surface area (Å²) >= 11 is 0. The van der Waals surface area contributed by atoms with Crippen molar-refractivity contribution in [3.8, 4) is 22.5 Å². The Kier molecular flexibility index (Phi) is 5.31. The molecule has 0 aliphatic heterocycles. The normalized spacial score (nSPS) is 11.9. The van der Waals surface area contributed by atoms with Gasteiger partial charge in [-0.05, 0) is 93.3 Å². The quantitative estimate of drug-likeness (QED) is 0.183. The summed E-state index contributed by atoms with van der Waals surface area (Å²) in [5.74, 6) is 0. The second-order valence-electron chi connectivity index (χ2n) is 12.1. The number of hydrogen-bond donors (Lipinski definition) is 0. The maximum atomic E-state index is 2.43. The zero-order valence-electron chi connectivity index (χ0n) is 25.1. The zero-order chi connectivity index (χ0) is 30.2. The van der Waals surface area contributed by atoms with Gasteiger partial charge in [-0.3, -0.25) is 0 Å². The molecule has 2 nitrogen and oxygen atoms in total. The van der Waals surface area contributed by atoms with E-state index in [-0.39, 0.29) is 0 Å². The highest BCUT2D eigenvalue weighted by Gasteiger charge is 2.19. The highest BCUT2D eigenvalue weighted by atomic mass is 15.0. The summed E-state index contributed by atoms with van der Waals surface area (Å²) in [6.45, 7) is 0. The van der Waals surface area contributed by atoms with Crippen molar-refractivity contribution in [3.63, 3.8) is 0 Å². The fourth-order valence-electron chi connectivity index (χ4n) is 7.75. The van der Waals surface area contributed by atoms with Gasteiger partial charge in [0.2, 0.25) is 0 Å². The highest BCUT2D eigenvalue weighted by Crippen LogP contribution is 2.44. The molecule has 2 heterocycles. The number of para-hydroxylation sites is 4. The summed E-state index contributed by atoms with van der Waals surface area (Å²) in [5, 5.41) is 10.1. The summed E-state index contributed by atoms with van der Waals surface area (Å²) in [6.07, 6.45) is 0. The molecule has 0 bridgehead atoms. The molecule has 0 radical (unpaired) electrons. The van der Waals surface area contributed by atoms with Crippen molar-refractivity contribution in [3.05, 3.63) is 170 Å². The number of rotatable bonds is 3. The minimum Gasteiger partial charge on any atom is -0.309 e. The molecule has 2 heteroatoms. The molecule has 0 aliphatic rings. The molecule has 0 saturated heterocycles. The first-order valence-corrected chi connectivity index (χ1v) is 15.9. The van der Waals surface area contributed by atoms with Gasteiger partial charge in [0, 0.05) is 32.9 Å². The van der Waals surface area contributed by atoms with E-state index in [1.54, 1.807) is 0 Å². The molecule has 0 amide bonds. The Morgan fingerprint density at radius 3 is 1.54 bits per heavy atom. The van der Waals surface area contributed by atoms with Crippen LogP contribution in [0.1, 0.15) is 0 Å². The Labute approximate surface area is 266 Å². The Morgan fingerprint density at radius 1 is 0.283 bits per heavy atom. The molecule has 0 spiro atoms. The van der Waals surface area contributed by atoms with Gasteiger partial charge < -0.3 is 9.13 Å². The molecule has 46 heavy (non-hydrogen) atoms. The molecular formula is C44H28N2. The SMILES string of the molecule is c1ccc(-n2c3ccccc3c3cc4cc(-c5cccc6c5c5ccccc5n6-c5ccccc5)c5ccccc5c4cc32)cc1. The second kappa shape index (κ2) is 9.69. The zero-order valence-corrected chi connectivity index (χ0v) is 25.1. The van der Waals surface area contributed by atoms with Gasteiger partial charge in [-0.25, -0.2) is 0 Å². The lowest BCUT2D eigenvalue weighted by Gasteiger charge is -2.14. The van der Waals surface area contributed by atoms with Crippen LogP contribution in [-0.2, 0) is 0 Å². The second-order valence-corrected chi connectivity index (χ2v) is 12.1. The average molecular weight is 585 g/mol. The maximum absolute atomic E-state index is 2.43. The third kappa shape index (κ3) is 3.53. The van der Waals surface area contributed by atoms with E-state index < -0.39 is 0 Å². The van der Waals surface area contributed by atoms with Gasteiger partial charge in [0.25, 0.3) is 0 Å². The van der Waals surface area contributed by atoms with E-state index in [0.717, 1.165) is 0 Å². The Balaban J connectivity index is 1.33. The van der Waals surface area contributed by atoms with Gasteiger partial charge in [-0.15, -0.1) is 0 Å². The first kappa shape index (κ1) is 25.2. The van der Waals surface area contributed by atoms with E-state index in [9.17, 15) is 0 Å². The van der Waals surface area contributed by atoms with Crippen LogP contribution >= 0.6 is 0 Å². The van der Waals surface area contributed by atoms with E-state index in [1.807, 2.05) is 0 Å². The Morgan fingerprint density at radius 2 is 0.826 bits per heavy atom. The number of aromatic nitrogens is 2. The average Bonchev–Trinajstić information content (AvgIpc) is 3.64. The van der Waals surface area contributed by atoms with Crippen LogP contribution in [0, 0.1) is 0 Å². The van der Waals surface area contributed by atoms with Crippen LogP contribution in [0.15, 0.2) is 170 Å². The van der Waals surface area contributed by atoms with Gasteiger partial charge in [0.05, 0.1) is 22.1 Å². The largest absolute Gasteiger partial charge is 0.309 e. The van der Waals surface area contributed by atoms with Gasteiger partial charge >= 0.3 is 0 Å². The number of hydrogen-bond acceptors (Lipinski definition) is 0. The monoisotopic (exact) mass is 584 g/mol. The molecule has 214 valence electrons. The highest BCUT2D eigenvalue weighted by molar-refractivity contribution is 6.24. The maximum Gasteiger partial charge on any atom is 0.0547 e. The van der Waals surface area contributed by atoms with Crippen LogP contribution < -0.4 is 0 Å². The summed E-state index contributed by atoms with van der Waals surface area (Å²) < 4.78 is 4.81. The van der Waals surface area contributed by atoms with E-state index in [0.29, 0.717) is 0 Å². The van der Waals surface area contributed by atoms with Crippen molar-refractivity contribution in [1.82, 2.24) is 9.13 Å². The molecule has 0 fully saturated rings. The van der Waals surface area contributed by atoms with Crippen LogP contribution in [0.2, 0.25) is 0 Å².